The van der Waals surface area contributed by atoms with Crippen molar-refractivity contribution >= 4 is 6.09 Å². The molecule has 0 radical (unpaired) electrons. The fraction of sp³-hybridized carbons (Fsp3) is 0.643. The van der Waals surface area contributed by atoms with Crippen LogP contribution in [0.4, 0.5) is 4.79 Å². The van der Waals surface area contributed by atoms with Crippen molar-refractivity contribution in [2.75, 3.05) is 0 Å². The van der Waals surface area contributed by atoms with E-state index in [1.54, 1.807) is 0 Å². The summed E-state index contributed by atoms with van der Waals surface area (Å²) < 4.78 is 5.22. The summed E-state index contributed by atoms with van der Waals surface area (Å²) in [6, 6.07) is 4.76. The van der Waals surface area contributed by atoms with Crippen LogP contribution in [0.25, 0.3) is 0 Å². The normalized spacial score (nSPS) is 22.7. The number of aromatic amines is 1. The number of carbonyl (C=O) groups is 1. The highest BCUT2D eigenvalue weighted by Gasteiger charge is 2.31. The van der Waals surface area contributed by atoms with Gasteiger partial charge in [-0.3, -0.25) is 0 Å². The van der Waals surface area contributed by atoms with E-state index in [9.17, 15) is 4.79 Å². The van der Waals surface area contributed by atoms with Crippen LogP contribution in [0.15, 0.2) is 18.3 Å². The molecule has 1 fully saturated rings. The summed E-state index contributed by atoms with van der Waals surface area (Å²) in [5, 5.41) is 6.34. The summed E-state index contributed by atoms with van der Waals surface area (Å²) in [7, 11) is 0. The first kappa shape index (κ1) is 13.9. The van der Waals surface area contributed by atoms with Crippen molar-refractivity contribution in [3.63, 3.8) is 0 Å². The SMILES string of the molecule is CC(C)(C)OC(=O)NC1CC(NCc2ccc[nH]2)C1. The lowest BCUT2D eigenvalue weighted by Gasteiger charge is -2.36. The Morgan fingerprint density at radius 1 is 1.42 bits per heavy atom. The molecule has 0 atom stereocenters. The Bertz CT molecular complexity index is 403. The van der Waals surface area contributed by atoms with E-state index >= 15 is 0 Å². The quantitative estimate of drug-likeness (QED) is 0.781. The minimum atomic E-state index is -0.431. The van der Waals surface area contributed by atoms with Gasteiger partial charge in [0.2, 0.25) is 0 Å². The zero-order valence-electron chi connectivity index (χ0n) is 11.8. The molecule has 0 unspecified atom stereocenters. The van der Waals surface area contributed by atoms with E-state index in [1.807, 2.05) is 33.0 Å². The van der Waals surface area contributed by atoms with Crippen LogP contribution in [0.5, 0.6) is 0 Å². The van der Waals surface area contributed by atoms with Gasteiger partial charge in [-0.15, -0.1) is 0 Å². The molecule has 0 saturated heterocycles. The van der Waals surface area contributed by atoms with Crippen molar-refractivity contribution in [1.82, 2.24) is 15.6 Å². The van der Waals surface area contributed by atoms with Crippen molar-refractivity contribution in [1.29, 1.82) is 0 Å². The summed E-state index contributed by atoms with van der Waals surface area (Å²) in [6.07, 6.45) is 3.52. The molecule has 2 rings (SSSR count). The van der Waals surface area contributed by atoms with E-state index in [0.29, 0.717) is 6.04 Å². The Hall–Kier alpha value is -1.49. The predicted molar refractivity (Wildman–Crippen MR) is 73.8 cm³/mol. The molecule has 1 aliphatic carbocycles. The van der Waals surface area contributed by atoms with Gasteiger partial charge >= 0.3 is 6.09 Å². The molecule has 0 aliphatic heterocycles. The van der Waals surface area contributed by atoms with Crippen LogP contribution in [-0.2, 0) is 11.3 Å². The van der Waals surface area contributed by atoms with Crippen LogP contribution in [0.1, 0.15) is 39.3 Å². The van der Waals surface area contributed by atoms with Crippen LogP contribution in [0.3, 0.4) is 0 Å². The third-order valence-electron chi connectivity index (χ3n) is 3.10. The van der Waals surface area contributed by atoms with Gasteiger partial charge in [-0.25, -0.2) is 4.79 Å². The number of hydrogen-bond donors (Lipinski definition) is 3. The molecule has 1 saturated carbocycles. The number of alkyl carbamates (subject to hydrolysis) is 1. The minimum absolute atomic E-state index is 0.232. The molecule has 1 heterocycles. The van der Waals surface area contributed by atoms with E-state index in [4.69, 9.17) is 4.74 Å². The largest absolute Gasteiger partial charge is 0.444 e. The maximum absolute atomic E-state index is 11.6. The maximum atomic E-state index is 11.6. The average Bonchev–Trinajstić information content (AvgIpc) is 2.71. The highest BCUT2D eigenvalue weighted by atomic mass is 16.6. The summed E-state index contributed by atoms with van der Waals surface area (Å²) in [5.41, 5.74) is 0.752. The molecular weight excluding hydrogens is 242 g/mol. The van der Waals surface area contributed by atoms with Gasteiger partial charge in [-0.1, -0.05) is 0 Å². The van der Waals surface area contributed by atoms with Crippen molar-refractivity contribution in [3.8, 4) is 0 Å². The fourth-order valence-corrected chi connectivity index (χ4v) is 2.11. The van der Waals surface area contributed by atoms with Gasteiger partial charge in [0.1, 0.15) is 5.60 Å². The van der Waals surface area contributed by atoms with Gasteiger partial charge < -0.3 is 20.4 Å². The van der Waals surface area contributed by atoms with Gasteiger partial charge in [0.25, 0.3) is 0 Å². The zero-order chi connectivity index (χ0) is 13.9. The predicted octanol–water partition coefficient (Wildman–Crippen LogP) is 2.16. The van der Waals surface area contributed by atoms with Gasteiger partial charge in [-0.05, 0) is 45.7 Å². The Morgan fingerprint density at radius 3 is 2.74 bits per heavy atom. The Balaban J connectivity index is 1.60. The molecule has 0 aromatic carbocycles. The summed E-state index contributed by atoms with van der Waals surface area (Å²) in [6.45, 7) is 6.45. The Labute approximate surface area is 114 Å². The van der Waals surface area contributed by atoms with Crippen LogP contribution >= 0.6 is 0 Å². The number of hydrogen-bond acceptors (Lipinski definition) is 3. The topological polar surface area (TPSA) is 66.2 Å². The highest BCUT2D eigenvalue weighted by molar-refractivity contribution is 5.68. The first-order valence-electron chi connectivity index (χ1n) is 6.77. The second-order valence-corrected chi connectivity index (χ2v) is 6.09. The number of rotatable bonds is 4. The molecule has 0 bridgehead atoms. The second kappa shape index (κ2) is 5.65. The average molecular weight is 265 g/mol. The zero-order valence-corrected chi connectivity index (χ0v) is 11.8. The van der Waals surface area contributed by atoms with Crippen LogP contribution < -0.4 is 10.6 Å². The Kier molecular flexibility index (Phi) is 4.14. The van der Waals surface area contributed by atoms with Crippen molar-refractivity contribution in [2.24, 2.45) is 0 Å². The molecule has 19 heavy (non-hydrogen) atoms. The van der Waals surface area contributed by atoms with Crippen molar-refractivity contribution in [2.45, 2.75) is 57.8 Å². The number of aromatic nitrogens is 1. The van der Waals surface area contributed by atoms with Gasteiger partial charge in [0.15, 0.2) is 0 Å². The van der Waals surface area contributed by atoms with Crippen molar-refractivity contribution in [3.05, 3.63) is 24.0 Å². The third-order valence-corrected chi connectivity index (χ3v) is 3.10. The molecule has 1 aromatic rings. The molecule has 5 heteroatoms. The van der Waals surface area contributed by atoms with Crippen LogP contribution in [0, 0.1) is 0 Å². The number of carbonyl (C=O) groups excluding carboxylic acids is 1. The lowest BCUT2D eigenvalue weighted by atomic mass is 9.87. The number of nitrogens with one attached hydrogen (secondary N) is 3. The molecule has 1 amide bonds. The van der Waals surface area contributed by atoms with Crippen molar-refractivity contribution < 1.29 is 9.53 Å². The fourth-order valence-electron chi connectivity index (χ4n) is 2.11. The standard InChI is InChI=1S/C14H23N3O2/c1-14(2,3)19-13(18)17-12-7-11(8-12)16-9-10-5-4-6-15-10/h4-6,11-12,15-16H,7-9H2,1-3H3,(H,17,18). The molecule has 0 spiro atoms. The molecule has 106 valence electrons. The van der Waals surface area contributed by atoms with E-state index < -0.39 is 5.60 Å². The summed E-state index contributed by atoms with van der Waals surface area (Å²) in [4.78, 5) is 14.7. The highest BCUT2D eigenvalue weighted by Crippen LogP contribution is 2.21. The molecule has 1 aromatic heterocycles. The summed E-state index contributed by atoms with van der Waals surface area (Å²) >= 11 is 0. The first-order valence-corrected chi connectivity index (χ1v) is 6.77. The first-order chi connectivity index (χ1) is 8.92. The van der Waals surface area contributed by atoms with Gasteiger partial charge in [0.05, 0.1) is 0 Å². The van der Waals surface area contributed by atoms with E-state index in [-0.39, 0.29) is 12.1 Å². The molecule has 3 N–H and O–H groups in total. The smallest absolute Gasteiger partial charge is 0.407 e. The molecule has 1 aliphatic rings. The van der Waals surface area contributed by atoms with E-state index in [0.717, 1.165) is 19.4 Å². The lowest BCUT2D eigenvalue weighted by molar-refractivity contribution is 0.0465. The lowest BCUT2D eigenvalue weighted by Crippen LogP contribution is -2.53. The van der Waals surface area contributed by atoms with Gasteiger partial charge in [0, 0.05) is 30.5 Å². The minimum Gasteiger partial charge on any atom is -0.444 e. The third kappa shape index (κ3) is 4.59. The van der Waals surface area contributed by atoms with E-state index in [2.05, 4.69) is 21.7 Å². The van der Waals surface area contributed by atoms with Gasteiger partial charge in [-0.2, -0.15) is 0 Å². The van der Waals surface area contributed by atoms with E-state index in [1.165, 1.54) is 5.69 Å². The van der Waals surface area contributed by atoms with Crippen LogP contribution in [-0.4, -0.2) is 28.8 Å². The Morgan fingerprint density at radius 2 is 2.16 bits per heavy atom. The number of H-pyrrole nitrogens is 1. The number of ether oxygens (including phenoxy) is 1. The maximum Gasteiger partial charge on any atom is 0.407 e. The molecular formula is C14H23N3O2. The van der Waals surface area contributed by atoms with Crippen LogP contribution in [0.2, 0.25) is 0 Å². The second-order valence-electron chi connectivity index (χ2n) is 6.09. The number of amides is 1. The summed E-state index contributed by atoms with van der Waals surface area (Å²) in [5.74, 6) is 0. The molecule has 5 nitrogen and oxygen atoms in total. The monoisotopic (exact) mass is 265 g/mol.